The highest BCUT2D eigenvalue weighted by molar-refractivity contribution is 8.09. The molecule has 0 radical (unpaired) electrons. The van der Waals surface area contributed by atoms with Crippen molar-refractivity contribution in [2.45, 2.75) is 6.92 Å². The van der Waals surface area contributed by atoms with Crippen molar-refractivity contribution >= 4 is 46.4 Å². The molecule has 2 N–H and O–H groups in total. The normalized spacial score (nSPS) is 12.1. The van der Waals surface area contributed by atoms with Crippen LogP contribution in [0.4, 0.5) is 5.69 Å². The molecule has 0 amide bonds. The minimum Gasteiger partial charge on any atom is -0.478 e. The second kappa shape index (κ2) is 5.90. The average molecular weight is 292 g/mol. The number of aromatic nitrogens is 1. The number of carbonyl (C=O) groups is 1. The van der Waals surface area contributed by atoms with Gasteiger partial charge in [-0.25, -0.2) is 9.78 Å². The Morgan fingerprint density at radius 3 is 2.63 bits per heavy atom. The lowest BCUT2D eigenvalue weighted by Crippen LogP contribution is -2.21. The second-order valence-corrected chi connectivity index (χ2v) is 5.73. The molecule has 0 aliphatic heterocycles. The van der Waals surface area contributed by atoms with Crippen LogP contribution in [0.25, 0.3) is 11.5 Å². The van der Waals surface area contributed by atoms with Gasteiger partial charge in [-0.15, -0.1) is 11.3 Å². The van der Waals surface area contributed by atoms with Gasteiger partial charge >= 0.3 is 5.97 Å². The van der Waals surface area contributed by atoms with Crippen molar-refractivity contribution in [1.29, 1.82) is 0 Å². The maximum atomic E-state index is 10.7. The SMILES string of the molecule is C=c1scnc1=C(C)SNc1ccc(C(=O)O)cc1. The fourth-order valence-corrected chi connectivity index (χ4v) is 2.77. The number of carboxylic acids is 1. The maximum Gasteiger partial charge on any atom is 0.335 e. The minimum atomic E-state index is -0.925. The van der Waals surface area contributed by atoms with Crippen LogP contribution in [0.3, 0.4) is 0 Å². The Balaban J connectivity index is 2.10. The quantitative estimate of drug-likeness (QED) is 0.845. The molecule has 2 aromatic rings. The van der Waals surface area contributed by atoms with E-state index in [-0.39, 0.29) is 5.56 Å². The number of thiazole rings is 1. The number of aromatic carboxylic acids is 1. The number of carboxylic acid groups (broad SMARTS) is 1. The fraction of sp³-hybridized carbons (Fsp3) is 0.0769. The van der Waals surface area contributed by atoms with E-state index in [2.05, 4.69) is 16.3 Å². The standard InChI is InChI=1S/C13H12N2O2S2/c1-8-12(14-7-18-8)9(2)19-15-11-5-3-10(4-6-11)13(16)17/h3-7,15H,1H2,2H3,(H,16,17). The van der Waals surface area contributed by atoms with Gasteiger partial charge in [0.05, 0.1) is 16.4 Å². The van der Waals surface area contributed by atoms with E-state index in [0.29, 0.717) is 0 Å². The molecule has 1 heterocycles. The third-order valence-corrected chi connectivity index (χ3v) is 3.95. The van der Waals surface area contributed by atoms with Crippen LogP contribution in [0.15, 0.2) is 29.8 Å². The topological polar surface area (TPSA) is 62.2 Å². The summed E-state index contributed by atoms with van der Waals surface area (Å²) in [5.74, 6) is -0.925. The zero-order valence-corrected chi connectivity index (χ0v) is 11.8. The number of nitrogens with one attached hydrogen (secondary N) is 1. The molecule has 2 rings (SSSR count). The van der Waals surface area contributed by atoms with Crippen molar-refractivity contribution in [3.63, 3.8) is 0 Å². The van der Waals surface area contributed by atoms with Crippen LogP contribution < -0.4 is 14.6 Å². The summed E-state index contributed by atoms with van der Waals surface area (Å²) in [6, 6.07) is 6.60. The van der Waals surface area contributed by atoms with Gasteiger partial charge in [0.1, 0.15) is 0 Å². The molecule has 98 valence electrons. The highest BCUT2D eigenvalue weighted by Gasteiger charge is 2.02. The van der Waals surface area contributed by atoms with Crippen molar-refractivity contribution < 1.29 is 9.90 Å². The number of anilines is 1. The first kappa shape index (κ1) is 13.6. The Morgan fingerprint density at radius 1 is 1.42 bits per heavy atom. The Labute approximate surface area is 118 Å². The molecule has 0 spiro atoms. The van der Waals surface area contributed by atoms with E-state index in [0.717, 1.165) is 20.5 Å². The van der Waals surface area contributed by atoms with E-state index in [1.54, 1.807) is 29.8 Å². The molecule has 1 aromatic carbocycles. The van der Waals surface area contributed by atoms with Gasteiger partial charge in [-0.05, 0) is 43.1 Å². The van der Waals surface area contributed by atoms with Crippen LogP contribution in [0, 0.1) is 0 Å². The van der Waals surface area contributed by atoms with Crippen LogP contribution >= 0.6 is 23.3 Å². The van der Waals surface area contributed by atoms with E-state index < -0.39 is 5.97 Å². The zero-order chi connectivity index (χ0) is 13.8. The van der Waals surface area contributed by atoms with Crippen LogP contribution in [0.5, 0.6) is 0 Å². The Bertz CT molecular complexity index is 692. The van der Waals surface area contributed by atoms with Gasteiger partial charge < -0.3 is 9.83 Å². The minimum absolute atomic E-state index is 0.274. The van der Waals surface area contributed by atoms with Crippen LogP contribution in [0.1, 0.15) is 17.3 Å². The summed E-state index contributed by atoms with van der Waals surface area (Å²) in [5.41, 5.74) is 2.88. The van der Waals surface area contributed by atoms with Gasteiger partial charge in [-0.1, -0.05) is 6.58 Å². The number of hydrogen-bond donors (Lipinski definition) is 2. The van der Waals surface area contributed by atoms with Crippen molar-refractivity contribution in [1.82, 2.24) is 4.98 Å². The summed E-state index contributed by atoms with van der Waals surface area (Å²) in [4.78, 5) is 16.0. The summed E-state index contributed by atoms with van der Waals surface area (Å²) in [5, 5.41) is 9.70. The third kappa shape index (κ3) is 3.36. The van der Waals surface area contributed by atoms with E-state index in [1.165, 1.54) is 23.3 Å². The Morgan fingerprint density at radius 2 is 2.11 bits per heavy atom. The summed E-state index contributed by atoms with van der Waals surface area (Å²) in [6.07, 6.45) is 0. The summed E-state index contributed by atoms with van der Waals surface area (Å²) >= 11 is 2.95. The molecule has 0 saturated heterocycles. The van der Waals surface area contributed by atoms with E-state index >= 15 is 0 Å². The van der Waals surface area contributed by atoms with Crippen molar-refractivity contribution in [3.8, 4) is 0 Å². The van der Waals surface area contributed by atoms with Gasteiger partial charge in [0, 0.05) is 15.1 Å². The van der Waals surface area contributed by atoms with Crippen molar-refractivity contribution in [3.05, 3.63) is 45.2 Å². The predicted molar refractivity (Wildman–Crippen MR) is 80.6 cm³/mol. The second-order valence-electron chi connectivity index (χ2n) is 3.77. The smallest absolute Gasteiger partial charge is 0.335 e. The molecule has 0 bridgehead atoms. The molecule has 0 atom stereocenters. The zero-order valence-electron chi connectivity index (χ0n) is 10.2. The number of hydrogen-bond acceptors (Lipinski definition) is 5. The largest absolute Gasteiger partial charge is 0.478 e. The molecular weight excluding hydrogens is 280 g/mol. The van der Waals surface area contributed by atoms with E-state index in [4.69, 9.17) is 5.11 Å². The van der Waals surface area contributed by atoms with Crippen molar-refractivity contribution in [2.75, 3.05) is 4.72 Å². The highest BCUT2D eigenvalue weighted by atomic mass is 32.2. The third-order valence-electron chi connectivity index (χ3n) is 2.43. The first-order valence-corrected chi connectivity index (χ1v) is 7.13. The average Bonchev–Trinajstić information content (AvgIpc) is 2.83. The van der Waals surface area contributed by atoms with Gasteiger partial charge in [0.2, 0.25) is 0 Å². The van der Waals surface area contributed by atoms with Crippen LogP contribution in [0.2, 0.25) is 0 Å². The van der Waals surface area contributed by atoms with Gasteiger partial charge in [0.15, 0.2) is 0 Å². The van der Waals surface area contributed by atoms with Crippen LogP contribution in [-0.2, 0) is 0 Å². The molecule has 0 aliphatic carbocycles. The maximum absolute atomic E-state index is 10.7. The molecule has 1 aromatic heterocycles. The lowest BCUT2D eigenvalue weighted by molar-refractivity contribution is 0.0697. The molecule has 19 heavy (non-hydrogen) atoms. The van der Waals surface area contributed by atoms with E-state index in [9.17, 15) is 4.79 Å². The number of nitrogens with zero attached hydrogens (tertiary/aromatic N) is 1. The lowest BCUT2D eigenvalue weighted by atomic mass is 10.2. The monoisotopic (exact) mass is 292 g/mol. The Kier molecular flexibility index (Phi) is 4.24. The molecule has 4 nitrogen and oxygen atoms in total. The lowest BCUT2D eigenvalue weighted by Gasteiger charge is -2.05. The van der Waals surface area contributed by atoms with Crippen LogP contribution in [-0.4, -0.2) is 16.1 Å². The van der Waals surface area contributed by atoms with Gasteiger partial charge in [-0.3, -0.25) is 0 Å². The molecule has 0 unspecified atom stereocenters. The first-order valence-electron chi connectivity index (χ1n) is 5.43. The fourth-order valence-electron chi connectivity index (χ4n) is 1.42. The molecule has 6 heteroatoms. The summed E-state index contributed by atoms with van der Waals surface area (Å²) < 4.78 is 4.09. The Hall–Kier alpha value is -1.79. The highest BCUT2D eigenvalue weighted by Crippen LogP contribution is 2.19. The van der Waals surface area contributed by atoms with Gasteiger partial charge in [0.25, 0.3) is 0 Å². The van der Waals surface area contributed by atoms with Gasteiger partial charge in [-0.2, -0.15) is 0 Å². The number of rotatable bonds is 4. The predicted octanol–water partition coefficient (Wildman–Crippen LogP) is 2.14. The molecular formula is C13H12N2O2S2. The van der Waals surface area contributed by atoms with E-state index in [1.807, 2.05) is 6.92 Å². The summed E-state index contributed by atoms with van der Waals surface area (Å²) in [6.45, 7) is 5.88. The number of benzene rings is 1. The molecule has 0 aliphatic rings. The summed E-state index contributed by atoms with van der Waals surface area (Å²) in [7, 11) is 0. The molecule has 0 saturated carbocycles. The first-order chi connectivity index (χ1) is 9.08. The molecule has 0 fully saturated rings. The van der Waals surface area contributed by atoms with Crippen molar-refractivity contribution in [2.24, 2.45) is 0 Å².